The van der Waals surface area contributed by atoms with Gasteiger partial charge in [-0.3, -0.25) is 9.69 Å². The van der Waals surface area contributed by atoms with Crippen molar-refractivity contribution in [2.45, 2.75) is 57.8 Å². The molecule has 8 heteroatoms. The molecule has 1 aromatic carbocycles. The molecule has 2 aliphatic heterocycles. The molecule has 1 amide bonds. The number of amides is 1. The third kappa shape index (κ3) is 4.23. The molecule has 1 aromatic heterocycles. The molecule has 2 aromatic rings. The fourth-order valence-corrected chi connectivity index (χ4v) is 5.86. The second kappa shape index (κ2) is 8.31. The summed E-state index contributed by atoms with van der Waals surface area (Å²) in [5, 5.41) is 0. The Morgan fingerprint density at radius 1 is 1.10 bits per heavy atom. The number of nitrogens with zero attached hydrogens (tertiary/aromatic N) is 4. The first-order chi connectivity index (χ1) is 14.7. The van der Waals surface area contributed by atoms with Crippen LogP contribution in [0.4, 0.5) is 5.82 Å². The van der Waals surface area contributed by atoms with Gasteiger partial charge in [-0.25, -0.2) is 18.4 Å². The van der Waals surface area contributed by atoms with Crippen LogP contribution in [0.3, 0.4) is 0 Å². The van der Waals surface area contributed by atoms with E-state index in [-0.39, 0.29) is 11.8 Å². The van der Waals surface area contributed by atoms with Crippen LogP contribution >= 0.6 is 0 Å². The van der Waals surface area contributed by atoms with Gasteiger partial charge in [-0.15, -0.1) is 0 Å². The summed E-state index contributed by atoms with van der Waals surface area (Å²) in [6.45, 7) is 9.49. The molecule has 0 aliphatic carbocycles. The van der Waals surface area contributed by atoms with Gasteiger partial charge in [0.1, 0.15) is 11.6 Å². The molecule has 4 rings (SSSR count). The van der Waals surface area contributed by atoms with E-state index in [0.717, 1.165) is 16.8 Å². The summed E-state index contributed by atoms with van der Waals surface area (Å²) in [5.74, 6) is 1.70. The van der Waals surface area contributed by atoms with E-state index >= 15 is 0 Å². The zero-order chi connectivity index (χ0) is 22.3. The number of fused-ring (bicyclic) bond motifs is 1. The molecule has 0 saturated carbocycles. The van der Waals surface area contributed by atoms with Crippen LogP contribution in [0, 0.1) is 19.8 Å². The maximum Gasteiger partial charge on any atom is 0.243 e. The lowest BCUT2D eigenvalue weighted by molar-refractivity contribution is -0.119. The Bertz CT molecular complexity index is 1100. The van der Waals surface area contributed by atoms with Gasteiger partial charge in [-0.2, -0.15) is 4.31 Å². The van der Waals surface area contributed by atoms with Crippen LogP contribution in [0.5, 0.6) is 0 Å². The number of hydrogen-bond acceptors (Lipinski definition) is 5. The molecule has 166 valence electrons. The van der Waals surface area contributed by atoms with Crippen molar-refractivity contribution in [1.82, 2.24) is 14.3 Å². The van der Waals surface area contributed by atoms with Gasteiger partial charge >= 0.3 is 0 Å². The van der Waals surface area contributed by atoms with Crippen LogP contribution in [-0.2, 0) is 21.2 Å². The van der Waals surface area contributed by atoms with Gasteiger partial charge in [-0.05, 0) is 44.7 Å². The minimum atomic E-state index is -3.55. The third-order valence-corrected chi connectivity index (χ3v) is 7.96. The number of anilines is 1. The van der Waals surface area contributed by atoms with E-state index in [1.807, 2.05) is 26.0 Å². The Morgan fingerprint density at radius 3 is 2.48 bits per heavy atom. The quantitative estimate of drug-likeness (QED) is 0.710. The van der Waals surface area contributed by atoms with Crippen molar-refractivity contribution >= 4 is 21.7 Å². The molecule has 0 spiro atoms. The first-order valence-electron chi connectivity index (χ1n) is 10.9. The van der Waals surface area contributed by atoms with Crippen molar-refractivity contribution < 1.29 is 13.2 Å². The second-order valence-corrected chi connectivity index (χ2v) is 11.0. The van der Waals surface area contributed by atoms with E-state index in [4.69, 9.17) is 9.97 Å². The predicted molar refractivity (Wildman–Crippen MR) is 120 cm³/mol. The molecule has 1 atom stereocenters. The zero-order valence-electron chi connectivity index (χ0n) is 18.6. The van der Waals surface area contributed by atoms with Gasteiger partial charge < -0.3 is 0 Å². The van der Waals surface area contributed by atoms with E-state index in [9.17, 15) is 13.2 Å². The van der Waals surface area contributed by atoms with E-state index in [2.05, 4.69) is 13.8 Å². The van der Waals surface area contributed by atoms with Crippen molar-refractivity contribution in [1.29, 1.82) is 0 Å². The number of rotatable bonds is 5. The molecule has 7 nitrogen and oxygen atoms in total. The first-order valence-corrected chi connectivity index (χ1v) is 12.4. The van der Waals surface area contributed by atoms with Crippen LogP contribution in [-0.4, -0.2) is 48.2 Å². The lowest BCUT2D eigenvalue weighted by Gasteiger charge is -2.31. The minimum Gasteiger partial charge on any atom is -0.296 e. The summed E-state index contributed by atoms with van der Waals surface area (Å²) in [5.41, 5.74) is 2.95. The highest BCUT2D eigenvalue weighted by Crippen LogP contribution is 2.34. The highest BCUT2D eigenvalue weighted by Gasteiger charge is 2.36. The van der Waals surface area contributed by atoms with Gasteiger partial charge in [0.15, 0.2) is 0 Å². The molecule has 1 fully saturated rings. The normalized spacial score (nSPS) is 19.8. The van der Waals surface area contributed by atoms with Crippen LogP contribution in [0.25, 0.3) is 0 Å². The Morgan fingerprint density at radius 2 is 1.81 bits per heavy atom. The number of hydrogen-bond donors (Lipinski definition) is 0. The smallest absolute Gasteiger partial charge is 0.243 e. The lowest BCUT2D eigenvalue weighted by atomic mass is 10.0. The Balaban J connectivity index is 1.61. The standard InChI is InChI=1S/C23H30N4O3S/c1-15(2)13-27-21(28)10-9-20-17(4)24-22(25-23(20)27)18-11-12-26(14-18)31(29,30)19-7-5-16(3)6-8-19/h5-8,15,18H,9-14H2,1-4H3/t18-/m0/s1. The minimum absolute atomic E-state index is 0.0813. The van der Waals surface area contributed by atoms with Crippen molar-refractivity contribution in [3.63, 3.8) is 0 Å². The predicted octanol–water partition coefficient (Wildman–Crippen LogP) is 3.21. The first kappa shape index (κ1) is 21.9. The van der Waals surface area contributed by atoms with Crippen LogP contribution in [0.15, 0.2) is 29.2 Å². The van der Waals surface area contributed by atoms with Gasteiger partial charge in [0, 0.05) is 43.2 Å². The van der Waals surface area contributed by atoms with Gasteiger partial charge in [0.25, 0.3) is 0 Å². The number of carbonyl (C=O) groups is 1. The summed E-state index contributed by atoms with van der Waals surface area (Å²) < 4.78 is 27.7. The SMILES string of the molecule is Cc1ccc(S(=O)(=O)N2CC[C@H](c3nc(C)c4c(n3)N(CC(C)C)C(=O)CC4)C2)cc1. The summed E-state index contributed by atoms with van der Waals surface area (Å²) >= 11 is 0. The summed E-state index contributed by atoms with van der Waals surface area (Å²) in [6.07, 6.45) is 1.81. The topological polar surface area (TPSA) is 83.5 Å². The monoisotopic (exact) mass is 442 g/mol. The molecular weight excluding hydrogens is 412 g/mol. The lowest BCUT2D eigenvalue weighted by Crippen LogP contribution is -2.39. The molecule has 31 heavy (non-hydrogen) atoms. The van der Waals surface area contributed by atoms with E-state index in [0.29, 0.717) is 61.4 Å². The summed E-state index contributed by atoms with van der Waals surface area (Å²) in [7, 11) is -3.55. The maximum atomic E-state index is 13.1. The molecule has 3 heterocycles. The third-order valence-electron chi connectivity index (χ3n) is 6.08. The fourth-order valence-electron chi connectivity index (χ4n) is 4.36. The molecule has 0 unspecified atom stereocenters. The van der Waals surface area contributed by atoms with Gasteiger partial charge in [-0.1, -0.05) is 31.5 Å². The number of carbonyl (C=O) groups excluding carboxylic acids is 1. The molecule has 0 radical (unpaired) electrons. The number of benzene rings is 1. The largest absolute Gasteiger partial charge is 0.296 e. The van der Waals surface area contributed by atoms with E-state index in [1.54, 1.807) is 17.0 Å². The number of sulfonamides is 1. The van der Waals surface area contributed by atoms with E-state index in [1.165, 1.54) is 4.31 Å². The molecular formula is C23H30N4O3S. The van der Waals surface area contributed by atoms with Crippen molar-refractivity contribution in [2.75, 3.05) is 24.5 Å². The van der Waals surface area contributed by atoms with Gasteiger partial charge in [0.05, 0.1) is 4.90 Å². The Hall–Kier alpha value is -2.32. The highest BCUT2D eigenvalue weighted by molar-refractivity contribution is 7.89. The summed E-state index contributed by atoms with van der Waals surface area (Å²) in [6, 6.07) is 6.95. The average Bonchev–Trinajstić information content (AvgIpc) is 3.21. The van der Waals surface area contributed by atoms with E-state index < -0.39 is 10.0 Å². The Kier molecular flexibility index (Phi) is 5.87. The van der Waals surface area contributed by atoms with Crippen LogP contribution in [0.2, 0.25) is 0 Å². The Labute approximate surface area is 184 Å². The number of aromatic nitrogens is 2. The molecule has 0 N–H and O–H groups in total. The fraction of sp³-hybridized carbons (Fsp3) is 0.522. The molecule has 0 bridgehead atoms. The van der Waals surface area contributed by atoms with Crippen molar-refractivity contribution in [3.05, 3.63) is 46.9 Å². The summed E-state index contributed by atoms with van der Waals surface area (Å²) in [4.78, 5) is 24.2. The van der Waals surface area contributed by atoms with Crippen LogP contribution < -0.4 is 4.90 Å². The molecule has 1 saturated heterocycles. The average molecular weight is 443 g/mol. The van der Waals surface area contributed by atoms with Crippen molar-refractivity contribution in [3.8, 4) is 0 Å². The number of aryl methyl sites for hydroxylation is 2. The second-order valence-electron chi connectivity index (χ2n) is 9.03. The van der Waals surface area contributed by atoms with Gasteiger partial charge in [0.2, 0.25) is 15.9 Å². The highest BCUT2D eigenvalue weighted by atomic mass is 32.2. The maximum absolute atomic E-state index is 13.1. The zero-order valence-corrected chi connectivity index (χ0v) is 19.4. The van der Waals surface area contributed by atoms with Crippen LogP contribution in [0.1, 0.15) is 55.3 Å². The van der Waals surface area contributed by atoms with Crippen molar-refractivity contribution in [2.24, 2.45) is 5.92 Å². The molecule has 2 aliphatic rings.